The SMILES string of the molecule is CCC(N)CNC(=O)c1cc(OC)ccc1O. The van der Waals surface area contributed by atoms with Crippen molar-refractivity contribution >= 4 is 5.91 Å². The molecule has 4 N–H and O–H groups in total. The van der Waals surface area contributed by atoms with E-state index >= 15 is 0 Å². The van der Waals surface area contributed by atoms with Gasteiger partial charge >= 0.3 is 0 Å². The van der Waals surface area contributed by atoms with E-state index in [1.807, 2.05) is 6.92 Å². The summed E-state index contributed by atoms with van der Waals surface area (Å²) in [6.07, 6.45) is 0.782. The molecular formula is C12H18N2O3. The molecule has 5 heteroatoms. The maximum atomic E-state index is 11.8. The van der Waals surface area contributed by atoms with Crippen molar-refractivity contribution in [2.75, 3.05) is 13.7 Å². The molecule has 1 unspecified atom stereocenters. The van der Waals surface area contributed by atoms with Crippen LogP contribution in [-0.2, 0) is 0 Å². The summed E-state index contributed by atoms with van der Waals surface area (Å²) in [5.41, 5.74) is 5.88. The molecule has 0 bridgehead atoms. The van der Waals surface area contributed by atoms with Crippen LogP contribution in [0.2, 0.25) is 0 Å². The Kier molecular flexibility index (Phi) is 4.78. The number of phenolic OH excluding ortho intramolecular Hbond substituents is 1. The zero-order valence-corrected chi connectivity index (χ0v) is 10.1. The van der Waals surface area contributed by atoms with E-state index in [1.165, 1.54) is 19.2 Å². The van der Waals surface area contributed by atoms with Crippen LogP contribution in [0.25, 0.3) is 0 Å². The van der Waals surface area contributed by atoms with Crippen LogP contribution >= 0.6 is 0 Å². The van der Waals surface area contributed by atoms with Crippen LogP contribution in [0.3, 0.4) is 0 Å². The van der Waals surface area contributed by atoms with Crippen molar-refractivity contribution in [1.29, 1.82) is 0 Å². The summed E-state index contributed by atoms with van der Waals surface area (Å²) in [6, 6.07) is 4.42. The first kappa shape index (κ1) is 13.3. The average molecular weight is 238 g/mol. The van der Waals surface area contributed by atoms with E-state index in [0.29, 0.717) is 12.3 Å². The van der Waals surface area contributed by atoms with Crippen LogP contribution in [-0.4, -0.2) is 30.7 Å². The smallest absolute Gasteiger partial charge is 0.255 e. The molecule has 0 radical (unpaired) electrons. The molecule has 5 nitrogen and oxygen atoms in total. The predicted octanol–water partition coefficient (Wildman–Crippen LogP) is 0.868. The first-order chi connectivity index (χ1) is 8.08. The second-order valence-electron chi connectivity index (χ2n) is 3.76. The number of methoxy groups -OCH3 is 1. The van der Waals surface area contributed by atoms with Crippen molar-refractivity contribution in [2.24, 2.45) is 5.73 Å². The quantitative estimate of drug-likeness (QED) is 0.710. The van der Waals surface area contributed by atoms with Crippen LogP contribution in [0.5, 0.6) is 11.5 Å². The number of nitrogens with two attached hydrogens (primary N) is 1. The highest BCUT2D eigenvalue weighted by atomic mass is 16.5. The van der Waals surface area contributed by atoms with Crippen molar-refractivity contribution in [3.8, 4) is 11.5 Å². The van der Waals surface area contributed by atoms with Crippen molar-refractivity contribution in [3.63, 3.8) is 0 Å². The standard InChI is InChI=1S/C12H18N2O3/c1-3-8(13)7-14-12(16)10-6-9(17-2)4-5-11(10)15/h4-6,8,15H,3,7,13H2,1-2H3,(H,14,16). The summed E-state index contributed by atoms with van der Waals surface area (Å²) >= 11 is 0. The van der Waals surface area contributed by atoms with E-state index in [1.54, 1.807) is 6.07 Å². The van der Waals surface area contributed by atoms with E-state index in [4.69, 9.17) is 10.5 Å². The predicted molar refractivity (Wildman–Crippen MR) is 65.3 cm³/mol. The molecule has 1 atom stereocenters. The van der Waals surface area contributed by atoms with Gasteiger partial charge in [-0.15, -0.1) is 0 Å². The molecule has 0 heterocycles. The molecule has 0 aliphatic carbocycles. The van der Waals surface area contributed by atoms with Gasteiger partial charge in [0.1, 0.15) is 11.5 Å². The lowest BCUT2D eigenvalue weighted by molar-refractivity contribution is 0.0948. The number of phenols is 1. The number of hydrogen-bond donors (Lipinski definition) is 3. The number of hydrogen-bond acceptors (Lipinski definition) is 4. The minimum atomic E-state index is -0.356. The van der Waals surface area contributed by atoms with Gasteiger partial charge in [0.15, 0.2) is 0 Å². The minimum absolute atomic E-state index is 0.0756. The molecule has 0 aromatic heterocycles. The molecule has 0 aliphatic heterocycles. The van der Waals surface area contributed by atoms with Gasteiger partial charge in [0.05, 0.1) is 12.7 Å². The second-order valence-corrected chi connectivity index (χ2v) is 3.76. The van der Waals surface area contributed by atoms with E-state index in [0.717, 1.165) is 6.42 Å². The van der Waals surface area contributed by atoms with Crippen molar-refractivity contribution in [3.05, 3.63) is 23.8 Å². The summed E-state index contributed by atoms with van der Waals surface area (Å²) in [6.45, 7) is 2.33. The minimum Gasteiger partial charge on any atom is -0.507 e. The second kappa shape index (κ2) is 6.10. The Morgan fingerprint density at radius 3 is 2.88 bits per heavy atom. The van der Waals surface area contributed by atoms with Gasteiger partial charge in [0, 0.05) is 12.6 Å². The van der Waals surface area contributed by atoms with Gasteiger partial charge in [-0.3, -0.25) is 4.79 Å². The first-order valence-corrected chi connectivity index (χ1v) is 5.49. The molecule has 94 valence electrons. The first-order valence-electron chi connectivity index (χ1n) is 5.49. The third-order valence-corrected chi connectivity index (χ3v) is 2.50. The fourth-order valence-corrected chi connectivity index (χ4v) is 1.29. The Bertz CT molecular complexity index is 393. The summed E-state index contributed by atoms with van der Waals surface area (Å²) < 4.78 is 4.99. The van der Waals surface area contributed by atoms with E-state index in [-0.39, 0.29) is 23.3 Å². The summed E-state index contributed by atoms with van der Waals surface area (Å²) in [5, 5.41) is 12.2. The van der Waals surface area contributed by atoms with Gasteiger partial charge in [0.2, 0.25) is 0 Å². The van der Waals surface area contributed by atoms with Crippen molar-refractivity contribution in [1.82, 2.24) is 5.32 Å². The molecule has 1 aromatic carbocycles. The van der Waals surface area contributed by atoms with Crippen molar-refractivity contribution < 1.29 is 14.6 Å². The number of amides is 1. The number of rotatable bonds is 5. The van der Waals surface area contributed by atoms with Crippen LogP contribution in [0.1, 0.15) is 23.7 Å². The Balaban J connectivity index is 2.74. The van der Waals surface area contributed by atoms with E-state index in [9.17, 15) is 9.90 Å². The van der Waals surface area contributed by atoms with Crippen LogP contribution in [0.15, 0.2) is 18.2 Å². The van der Waals surface area contributed by atoms with Gasteiger partial charge in [0.25, 0.3) is 5.91 Å². The van der Waals surface area contributed by atoms with Crippen LogP contribution in [0, 0.1) is 0 Å². The summed E-state index contributed by atoms with van der Waals surface area (Å²) in [4.78, 5) is 11.8. The van der Waals surface area contributed by atoms with Crippen molar-refractivity contribution in [2.45, 2.75) is 19.4 Å². The summed E-state index contributed by atoms with van der Waals surface area (Å²) in [5.74, 6) is 0.0893. The molecule has 0 aliphatic rings. The molecule has 1 amide bonds. The lowest BCUT2D eigenvalue weighted by Gasteiger charge is -2.11. The number of nitrogens with one attached hydrogen (secondary N) is 1. The average Bonchev–Trinajstić information content (AvgIpc) is 2.36. The number of carbonyl (C=O) groups excluding carboxylic acids is 1. The molecule has 0 saturated carbocycles. The lowest BCUT2D eigenvalue weighted by Crippen LogP contribution is -2.36. The molecule has 0 spiro atoms. The number of ether oxygens (including phenoxy) is 1. The maximum Gasteiger partial charge on any atom is 0.255 e. The van der Waals surface area contributed by atoms with E-state index < -0.39 is 0 Å². The normalized spacial score (nSPS) is 11.9. The third kappa shape index (κ3) is 3.64. The fraction of sp³-hybridized carbons (Fsp3) is 0.417. The van der Waals surface area contributed by atoms with Gasteiger partial charge in [-0.1, -0.05) is 6.92 Å². The molecule has 0 fully saturated rings. The highest BCUT2D eigenvalue weighted by molar-refractivity contribution is 5.97. The lowest BCUT2D eigenvalue weighted by atomic mass is 10.1. The highest BCUT2D eigenvalue weighted by Crippen LogP contribution is 2.22. The zero-order chi connectivity index (χ0) is 12.8. The molecule has 1 rings (SSSR count). The Hall–Kier alpha value is -1.75. The number of benzene rings is 1. The Morgan fingerprint density at radius 1 is 1.59 bits per heavy atom. The summed E-state index contributed by atoms with van der Waals surface area (Å²) in [7, 11) is 1.50. The van der Waals surface area contributed by atoms with Gasteiger partial charge < -0.3 is 20.9 Å². The van der Waals surface area contributed by atoms with Crippen LogP contribution in [0.4, 0.5) is 0 Å². The Labute approximate surface area is 101 Å². The highest BCUT2D eigenvalue weighted by Gasteiger charge is 2.12. The monoisotopic (exact) mass is 238 g/mol. The van der Waals surface area contributed by atoms with Gasteiger partial charge in [-0.2, -0.15) is 0 Å². The Morgan fingerprint density at radius 2 is 2.29 bits per heavy atom. The number of carbonyl (C=O) groups is 1. The zero-order valence-electron chi connectivity index (χ0n) is 10.1. The third-order valence-electron chi connectivity index (χ3n) is 2.50. The molecule has 0 saturated heterocycles. The van der Waals surface area contributed by atoms with Gasteiger partial charge in [-0.05, 0) is 24.6 Å². The number of aromatic hydroxyl groups is 1. The van der Waals surface area contributed by atoms with Crippen LogP contribution < -0.4 is 15.8 Å². The topological polar surface area (TPSA) is 84.6 Å². The fourth-order valence-electron chi connectivity index (χ4n) is 1.29. The molecule has 1 aromatic rings. The molecule has 17 heavy (non-hydrogen) atoms. The van der Waals surface area contributed by atoms with E-state index in [2.05, 4.69) is 5.32 Å². The maximum absolute atomic E-state index is 11.8. The molecular weight excluding hydrogens is 220 g/mol. The van der Waals surface area contributed by atoms with Gasteiger partial charge in [-0.25, -0.2) is 0 Å². The largest absolute Gasteiger partial charge is 0.507 e.